The number of benzene rings is 9. The second kappa shape index (κ2) is 13.1. The zero-order chi connectivity index (χ0) is 38.2. The van der Waals surface area contributed by atoms with E-state index >= 15 is 0 Å². The van der Waals surface area contributed by atoms with Crippen LogP contribution in [0.25, 0.3) is 97.4 Å². The van der Waals surface area contributed by atoms with Crippen LogP contribution in [0.3, 0.4) is 0 Å². The first-order chi connectivity index (χ1) is 28.7. The monoisotopic (exact) mass is 759 g/mol. The van der Waals surface area contributed by atoms with Crippen molar-refractivity contribution < 1.29 is 8.83 Å². The summed E-state index contributed by atoms with van der Waals surface area (Å²) in [5.41, 5.74) is 13.6. The highest BCUT2D eigenvalue weighted by Gasteiger charge is 2.18. The normalized spacial score (nSPS) is 11.8. The summed E-state index contributed by atoms with van der Waals surface area (Å²) in [6.07, 6.45) is 0. The molecule has 272 valence electrons. The molecule has 0 aliphatic carbocycles. The number of rotatable bonds is 6. The molecule has 0 bridgehead atoms. The van der Waals surface area contributed by atoms with E-state index in [1.807, 2.05) is 35.6 Å². The highest BCUT2D eigenvalue weighted by atomic mass is 32.1. The Labute approximate surface area is 338 Å². The quantitative estimate of drug-likeness (QED) is 0.169. The molecular weight excluding hydrogens is 727 g/mol. The van der Waals surface area contributed by atoms with Crippen molar-refractivity contribution in [2.75, 3.05) is 4.90 Å². The van der Waals surface area contributed by atoms with Gasteiger partial charge in [-0.15, -0.1) is 11.3 Å². The lowest BCUT2D eigenvalue weighted by atomic mass is 9.99. The second-order valence-corrected chi connectivity index (χ2v) is 16.0. The van der Waals surface area contributed by atoms with Crippen LogP contribution in [-0.4, -0.2) is 0 Å². The van der Waals surface area contributed by atoms with Crippen LogP contribution in [-0.2, 0) is 0 Å². The van der Waals surface area contributed by atoms with E-state index in [-0.39, 0.29) is 0 Å². The Kier molecular flexibility index (Phi) is 7.40. The maximum absolute atomic E-state index is 6.51. The third kappa shape index (κ3) is 5.34. The maximum atomic E-state index is 6.51. The summed E-state index contributed by atoms with van der Waals surface area (Å²) in [5.74, 6) is 0. The Morgan fingerprint density at radius 2 is 0.862 bits per heavy atom. The molecule has 0 fully saturated rings. The lowest BCUT2D eigenvalue weighted by Gasteiger charge is -2.27. The minimum atomic E-state index is 0.897. The van der Waals surface area contributed by atoms with Gasteiger partial charge in [0.05, 0.1) is 0 Å². The Morgan fingerprint density at radius 1 is 0.310 bits per heavy atom. The number of para-hydroxylation sites is 3. The van der Waals surface area contributed by atoms with E-state index in [1.54, 1.807) is 0 Å². The van der Waals surface area contributed by atoms with Gasteiger partial charge in [-0.25, -0.2) is 0 Å². The minimum absolute atomic E-state index is 0.897. The molecule has 0 spiro atoms. The van der Waals surface area contributed by atoms with Crippen LogP contribution in [0.5, 0.6) is 0 Å². The lowest BCUT2D eigenvalue weighted by molar-refractivity contribution is 0.669. The van der Waals surface area contributed by atoms with E-state index < -0.39 is 0 Å². The average molecular weight is 760 g/mol. The van der Waals surface area contributed by atoms with Gasteiger partial charge in [-0.05, 0) is 107 Å². The van der Waals surface area contributed by atoms with Gasteiger partial charge in [-0.3, -0.25) is 0 Å². The fourth-order valence-corrected chi connectivity index (χ4v) is 9.76. The van der Waals surface area contributed by atoms with Crippen molar-refractivity contribution in [2.24, 2.45) is 0 Å². The predicted molar refractivity (Wildman–Crippen MR) is 245 cm³/mol. The second-order valence-electron chi connectivity index (χ2n) is 14.9. The zero-order valence-electron chi connectivity index (χ0n) is 31.2. The Bertz CT molecular complexity index is 3530. The first-order valence-electron chi connectivity index (χ1n) is 19.6. The van der Waals surface area contributed by atoms with Crippen molar-refractivity contribution in [3.05, 3.63) is 200 Å². The molecule has 12 aromatic rings. The molecule has 3 aromatic heterocycles. The molecule has 0 unspecified atom stereocenters. The molecular formula is C54H33NO2S. The minimum Gasteiger partial charge on any atom is -0.456 e. The van der Waals surface area contributed by atoms with Crippen LogP contribution in [0, 0.1) is 0 Å². The number of anilines is 3. The Morgan fingerprint density at radius 3 is 1.69 bits per heavy atom. The van der Waals surface area contributed by atoms with Gasteiger partial charge in [0.1, 0.15) is 22.3 Å². The Balaban J connectivity index is 0.991. The topological polar surface area (TPSA) is 29.5 Å². The number of nitrogens with zero attached hydrogens (tertiary/aromatic N) is 1. The van der Waals surface area contributed by atoms with Gasteiger partial charge in [-0.2, -0.15) is 0 Å². The summed E-state index contributed by atoms with van der Waals surface area (Å²) >= 11 is 1.85. The number of hydrogen-bond acceptors (Lipinski definition) is 4. The van der Waals surface area contributed by atoms with Crippen molar-refractivity contribution in [1.29, 1.82) is 0 Å². The van der Waals surface area contributed by atoms with Crippen LogP contribution < -0.4 is 4.90 Å². The summed E-state index contributed by atoms with van der Waals surface area (Å²) < 4.78 is 15.3. The van der Waals surface area contributed by atoms with E-state index in [0.717, 1.165) is 83.2 Å². The highest BCUT2D eigenvalue weighted by molar-refractivity contribution is 7.25. The van der Waals surface area contributed by atoms with Crippen LogP contribution >= 0.6 is 11.3 Å². The van der Waals surface area contributed by atoms with E-state index in [9.17, 15) is 0 Å². The number of thiophene rings is 1. The predicted octanol–water partition coefficient (Wildman–Crippen LogP) is 16.3. The maximum Gasteiger partial charge on any atom is 0.143 e. The van der Waals surface area contributed by atoms with Gasteiger partial charge in [0.2, 0.25) is 0 Å². The molecule has 9 aromatic carbocycles. The van der Waals surface area contributed by atoms with E-state index in [0.29, 0.717) is 0 Å². The van der Waals surface area contributed by atoms with Crippen molar-refractivity contribution in [3.63, 3.8) is 0 Å². The molecule has 0 saturated carbocycles. The van der Waals surface area contributed by atoms with E-state index in [1.165, 1.54) is 31.3 Å². The van der Waals surface area contributed by atoms with Crippen molar-refractivity contribution in [1.82, 2.24) is 0 Å². The SMILES string of the molecule is c1cc(-c2ccc3sc4ccccc4c3c2)cc(N(c2ccc(-c3ccc4oc5ccccc5c4c3)cc2)c2cccc(-c3cccc4c3oc3ccccc34)c2)c1. The first kappa shape index (κ1) is 32.8. The van der Waals surface area contributed by atoms with Crippen LogP contribution in [0.2, 0.25) is 0 Å². The van der Waals surface area contributed by atoms with Crippen molar-refractivity contribution in [3.8, 4) is 33.4 Å². The Hall–Kier alpha value is -7.40. The number of hydrogen-bond donors (Lipinski definition) is 0. The molecule has 12 rings (SSSR count). The highest BCUT2D eigenvalue weighted by Crippen LogP contribution is 2.43. The summed E-state index contributed by atoms with van der Waals surface area (Å²) in [4.78, 5) is 2.36. The van der Waals surface area contributed by atoms with Crippen molar-refractivity contribution in [2.45, 2.75) is 0 Å². The summed E-state index contributed by atoms with van der Waals surface area (Å²) in [7, 11) is 0. The summed E-state index contributed by atoms with van der Waals surface area (Å²) in [6.45, 7) is 0. The van der Waals surface area contributed by atoms with Crippen LogP contribution in [0.1, 0.15) is 0 Å². The molecule has 0 N–H and O–H groups in total. The molecule has 0 aliphatic heterocycles. The average Bonchev–Trinajstić information content (AvgIpc) is 3.98. The molecule has 3 heterocycles. The molecule has 58 heavy (non-hydrogen) atoms. The zero-order valence-corrected chi connectivity index (χ0v) is 32.0. The smallest absolute Gasteiger partial charge is 0.143 e. The van der Waals surface area contributed by atoms with Gasteiger partial charge in [0.15, 0.2) is 0 Å². The summed E-state index contributed by atoms with van der Waals surface area (Å²) in [6, 6.07) is 71.6. The van der Waals surface area contributed by atoms with Crippen LogP contribution in [0.4, 0.5) is 17.1 Å². The fraction of sp³-hybridized carbons (Fsp3) is 0. The third-order valence-electron chi connectivity index (χ3n) is 11.5. The van der Waals surface area contributed by atoms with E-state index in [4.69, 9.17) is 8.83 Å². The molecule has 3 nitrogen and oxygen atoms in total. The fourth-order valence-electron chi connectivity index (χ4n) is 8.67. The van der Waals surface area contributed by atoms with Crippen molar-refractivity contribution >= 4 is 92.4 Å². The first-order valence-corrected chi connectivity index (χ1v) is 20.4. The molecule has 0 saturated heterocycles. The molecule has 4 heteroatoms. The van der Waals surface area contributed by atoms with Gasteiger partial charge in [-0.1, -0.05) is 121 Å². The number of furan rings is 2. The molecule has 0 amide bonds. The third-order valence-corrected chi connectivity index (χ3v) is 12.6. The molecule has 0 radical (unpaired) electrons. The standard InChI is InChI=1S/C54H33NO2S/c1-5-20-50-43(14-1)46-18-9-17-42(54(46)57-50)38-11-8-13-41(31-38)55(39-26-22-34(23-27-39)36-24-28-51-47(32-36)44-15-2-4-19-49(44)56-51)40-12-7-10-35(30-40)37-25-29-53-48(33-37)45-16-3-6-21-52(45)58-53/h1-33H. The van der Waals surface area contributed by atoms with Gasteiger partial charge in [0.25, 0.3) is 0 Å². The van der Waals surface area contributed by atoms with Crippen LogP contribution in [0.15, 0.2) is 209 Å². The number of fused-ring (bicyclic) bond motifs is 9. The molecule has 0 aliphatic rings. The largest absolute Gasteiger partial charge is 0.456 e. The van der Waals surface area contributed by atoms with E-state index in [2.05, 4.69) is 181 Å². The van der Waals surface area contributed by atoms with Gasteiger partial charge >= 0.3 is 0 Å². The lowest BCUT2D eigenvalue weighted by Crippen LogP contribution is -2.10. The molecule has 0 atom stereocenters. The van der Waals surface area contributed by atoms with Gasteiger partial charge < -0.3 is 13.7 Å². The summed E-state index contributed by atoms with van der Waals surface area (Å²) in [5, 5.41) is 7.11. The van der Waals surface area contributed by atoms with Gasteiger partial charge in [0, 0.05) is 64.3 Å².